The van der Waals surface area contributed by atoms with Crippen LogP contribution in [0.2, 0.25) is 0 Å². The van der Waals surface area contributed by atoms with E-state index in [-0.39, 0.29) is 13.2 Å². The molecule has 0 fully saturated rings. The van der Waals surface area contributed by atoms with E-state index in [9.17, 15) is 9.90 Å². The van der Waals surface area contributed by atoms with Crippen molar-refractivity contribution in [2.75, 3.05) is 13.2 Å². The van der Waals surface area contributed by atoms with Crippen molar-refractivity contribution in [3.05, 3.63) is 42.0 Å². The number of para-hydroxylation sites is 1. The highest BCUT2D eigenvalue weighted by Gasteiger charge is 2.12. The SMILES string of the molecule is O=C(O)/C=C/CCC[C@H](O)c1ccccc1OCCO. The van der Waals surface area contributed by atoms with Crippen molar-refractivity contribution in [3.63, 3.8) is 0 Å². The number of ether oxygens (including phenoxy) is 1. The van der Waals surface area contributed by atoms with Crippen molar-refractivity contribution < 1.29 is 24.9 Å². The van der Waals surface area contributed by atoms with Crippen molar-refractivity contribution in [3.8, 4) is 5.75 Å². The first-order chi connectivity index (χ1) is 9.65. The molecule has 0 amide bonds. The van der Waals surface area contributed by atoms with Crippen LogP contribution in [0, 0.1) is 0 Å². The van der Waals surface area contributed by atoms with Crippen LogP contribution < -0.4 is 4.74 Å². The third kappa shape index (κ3) is 5.86. The van der Waals surface area contributed by atoms with Crippen molar-refractivity contribution >= 4 is 5.97 Å². The summed E-state index contributed by atoms with van der Waals surface area (Å²) in [7, 11) is 0. The van der Waals surface area contributed by atoms with Gasteiger partial charge in [-0.3, -0.25) is 0 Å². The number of benzene rings is 1. The van der Waals surface area contributed by atoms with Gasteiger partial charge in [0.2, 0.25) is 0 Å². The van der Waals surface area contributed by atoms with E-state index < -0.39 is 12.1 Å². The maximum absolute atomic E-state index is 10.3. The lowest BCUT2D eigenvalue weighted by Gasteiger charge is -2.15. The fourth-order valence-corrected chi connectivity index (χ4v) is 1.81. The van der Waals surface area contributed by atoms with Crippen LogP contribution in [0.5, 0.6) is 5.75 Å². The minimum atomic E-state index is -0.965. The summed E-state index contributed by atoms with van der Waals surface area (Å²) < 4.78 is 5.36. The van der Waals surface area contributed by atoms with Crippen LogP contribution in [0.15, 0.2) is 36.4 Å². The van der Waals surface area contributed by atoms with Gasteiger partial charge in [-0.25, -0.2) is 4.79 Å². The Kier molecular flexibility index (Phi) is 7.39. The Labute approximate surface area is 118 Å². The molecule has 20 heavy (non-hydrogen) atoms. The maximum atomic E-state index is 10.3. The molecule has 0 aromatic heterocycles. The zero-order valence-corrected chi connectivity index (χ0v) is 11.2. The molecule has 0 saturated heterocycles. The monoisotopic (exact) mass is 280 g/mol. The van der Waals surface area contributed by atoms with Gasteiger partial charge < -0.3 is 20.1 Å². The third-order valence-corrected chi connectivity index (χ3v) is 2.74. The molecular formula is C15H20O5. The summed E-state index contributed by atoms with van der Waals surface area (Å²) in [6.07, 6.45) is 3.81. The third-order valence-electron chi connectivity index (χ3n) is 2.74. The zero-order valence-electron chi connectivity index (χ0n) is 11.2. The summed E-state index contributed by atoms with van der Waals surface area (Å²) in [5.41, 5.74) is 0.683. The lowest BCUT2D eigenvalue weighted by atomic mass is 10.0. The summed E-state index contributed by atoms with van der Waals surface area (Å²) in [4.78, 5) is 10.3. The smallest absolute Gasteiger partial charge is 0.327 e. The maximum Gasteiger partial charge on any atom is 0.327 e. The molecule has 5 nitrogen and oxygen atoms in total. The average molecular weight is 280 g/mol. The van der Waals surface area contributed by atoms with E-state index >= 15 is 0 Å². The number of carboxylic acids is 1. The van der Waals surface area contributed by atoms with Crippen LogP contribution in [-0.2, 0) is 4.79 Å². The topological polar surface area (TPSA) is 87.0 Å². The van der Waals surface area contributed by atoms with Crippen LogP contribution in [-0.4, -0.2) is 34.5 Å². The largest absolute Gasteiger partial charge is 0.491 e. The fourth-order valence-electron chi connectivity index (χ4n) is 1.81. The minimum Gasteiger partial charge on any atom is -0.491 e. The highest BCUT2D eigenvalue weighted by atomic mass is 16.5. The Morgan fingerprint density at radius 3 is 2.80 bits per heavy atom. The molecule has 0 unspecified atom stereocenters. The fraction of sp³-hybridized carbons (Fsp3) is 0.400. The standard InChI is InChI=1S/C15H20O5/c16-10-11-20-14-8-5-4-6-12(14)13(17)7-2-1-3-9-15(18)19/h3-6,8-9,13,16-17H,1-2,7,10-11H2,(H,18,19)/b9-3+/t13-/m0/s1. The van der Waals surface area contributed by atoms with Crippen molar-refractivity contribution in [1.29, 1.82) is 0 Å². The molecule has 0 bridgehead atoms. The molecular weight excluding hydrogens is 260 g/mol. The molecule has 0 saturated carbocycles. The van der Waals surface area contributed by atoms with Gasteiger partial charge in [-0.1, -0.05) is 24.3 Å². The number of carbonyl (C=O) groups is 1. The van der Waals surface area contributed by atoms with E-state index in [0.717, 1.165) is 6.08 Å². The number of hydrogen-bond acceptors (Lipinski definition) is 4. The van der Waals surface area contributed by atoms with E-state index in [2.05, 4.69) is 0 Å². The molecule has 0 aliphatic carbocycles. The van der Waals surface area contributed by atoms with Crippen molar-refractivity contribution in [1.82, 2.24) is 0 Å². The average Bonchev–Trinajstić information content (AvgIpc) is 2.44. The number of allylic oxidation sites excluding steroid dienone is 1. The summed E-state index contributed by atoms with van der Waals surface area (Å²) in [6.45, 7) is 0.107. The Morgan fingerprint density at radius 2 is 2.10 bits per heavy atom. The Bertz CT molecular complexity index is 442. The minimum absolute atomic E-state index is 0.0790. The Morgan fingerprint density at radius 1 is 1.35 bits per heavy atom. The first kappa shape index (κ1) is 16.2. The van der Waals surface area contributed by atoms with Crippen LogP contribution in [0.3, 0.4) is 0 Å². The van der Waals surface area contributed by atoms with Gasteiger partial charge in [-0.05, 0) is 25.3 Å². The molecule has 0 aliphatic heterocycles. The number of hydrogen-bond donors (Lipinski definition) is 3. The molecule has 1 aromatic rings. The van der Waals surface area contributed by atoms with Crippen LogP contribution >= 0.6 is 0 Å². The molecule has 5 heteroatoms. The number of aliphatic carboxylic acids is 1. The predicted octanol–water partition coefficient (Wildman–Crippen LogP) is 1.90. The van der Waals surface area contributed by atoms with E-state index in [1.807, 2.05) is 6.07 Å². The van der Waals surface area contributed by atoms with E-state index in [1.165, 1.54) is 0 Å². The zero-order chi connectivity index (χ0) is 14.8. The predicted molar refractivity (Wildman–Crippen MR) is 74.6 cm³/mol. The highest BCUT2D eigenvalue weighted by molar-refractivity contribution is 5.79. The van der Waals surface area contributed by atoms with E-state index in [4.69, 9.17) is 14.9 Å². The van der Waals surface area contributed by atoms with Gasteiger partial charge in [0, 0.05) is 11.6 Å². The van der Waals surface area contributed by atoms with Gasteiger partial charge in [-0.2, -0.15) is 0 Å². The molecule has 0 aliphatic rings. The molecule has 0 heterocycles. The molecule has 110 valence electrons. The number of aliphatic hydroxyl groups excluding tert-OH is 2. The number of rotatable bonds is 9. The lowest BCUT2D eigenvalue weighted by molar-refractivity contribution is -0.131. The normalized spacial score (nSPS) is 12.5. The number of carboxylic acid groups (broad SMARTS) is 1. The molecule has 1 atom stereocenters. The molecule has 1 rings (SSSR count). The number of unbranched alkanes of at least 4 members (excludes halogenated alkanes) is 1. The van der Waals surface area contributed by atoms with Gasteiger partial charge in [0.05, 0.1) is 12.7 Å². The second-order valence-electron chi connectivity index (χ2n) is 4.30. The molecule has 0 radical (unpaired) electrons. The van der Waals surface area contributed by atoms with Crippen LogP contribution in [0.4, 0.5) is 0 Å². The number of aliphatic hydroxyl groups is 2. The lowest BCUT2D eigenvalue weighted by Crippen LogP contribution is -2.06. The van der Waals surface area contributed by atoms with Gasteiger partial charge in [0.15, 0.2) is 0 Å². The van der Waals surface area contributed by atoms with E-state index in [0.29, 0.717) is 30.6 Å². The molecule has 1 aromatic carbocycles. The second kappa shape index (κ2) is 9.12. The summed E-state index contributed by atoms with van der Waals surface area (Å²) in [5.74, 6) is -0.400. The van der Waals surface area contributed by atoms with Crippen LogP contribution in [0.1, 0.15) is 30.9 Å². The first-order valence-corrected chi connectivity index (χ1v) is 6.55. The first-order valence-electron chi connectivity index (χ1n) is 6.55. The van der Waals surface area contributed by atoms with Gasteiger partial charge in [0.25, 0.3) is 0 Å². The highest BCUT2D eigenvalue weighted by Crippen LogP contribution is 2.28. The van der Waals surface area contributed by atoms with Crippen molar-refractivity contribution in [2.24, 2.45) is 0 Å². The Hall–Kier alpha value is -1.85. The summed E-state index contributed by atoms with van der Waals surface area (Å²) >= 11 is 0. The molecule has 3 N–H and O–H groups in total. The Balaban J connectivity index is 2.50. The van der Waals surface area contributed by atoms with Gasteiger partial charge >= 0.3 is 5.97 Å². The summed E-state index contributed by atoms with van der Waals surface area (Å²) in [5, 5.41) is 27.3. The quantitative estimate of drug-likeness (QED) is 0.475. The van der Waals surface area contributed by atoms with E-state index in [1.54, 1.807) is 24.3 Å². The molecule has 0 spiro atoms. The van der Waals surface area contributed by atoms with Gasteiger partial charge in [0.1, 0.15) is 12.4 Å². The summed E-state index contributed by atoms with van der Waals surface area (Å²) in [6, 6.07) is 7.15. The second-order valence-corrected chi connectivity index (χ2v) is 4.30. The van der Waals surface area contributed by atoms with Gasteiger partial charge in [-0.15, -0.1) is 0 Å². The van der Waals surface area contributed by atoms with Crippen LogP contribution in [0.25, 0.3) is 0 Å². The van der Waals surface area contributed by atoms with Crippen molar-refractivity contribution in [2.45, 2.75) is 25.4 Å².